The van der Waals surface area contributed by atoms with E-state index in [0.717, 1.165) is 58.8 Å². The average molecular weight is 582 g/mol. The summed E-state index contributed by atoms with van der Waals surface area (Å²) in [6, 6.07) is 45.0. The number of aromatic nitrogens is 1. The molecule has 0 atom stereocenters. The number of thiophene rings is 2. The predicted octanol–water partition coefficient (Wildman–Crippen LogP) is 10.9. The van der Waals surface area contributed by atoms with Crippen molar-refractivity contribution in [2.45, 2.75) is 0 Å². The summed E-state index contributed by atoms with van der Waals surface area (Å²) in [4.78, 5) is 0. The lowest BCUT2D eigenvalue weighted by Crippen LogP contribution is -1.93. The van der Waals surface area contributed by atoms with Gasteiger partial charge in [-0.05, 0) is 65.7 Å². The number of rotatable bonds is 2. The largest absolute Gasteiger partial charge is 0.308 e. The third-order valence-corrected chi connectivity index (χ3v) is 10.9. The first kappa shape index (κ1) is 24.2. The van der Waals surface area contributed by atoms with Crippen molar-refractivity contribution >= 4 is 84.8 Å². The van der Waals surface area contributed by atoms with Gasteiger partial charge in [0, 0.05) is 41.7 Å². The number of nitriles is 2. The Morgan fingerprint density at radius 3 is 2.16 bits per heavy atom. The van der Waals surface area contributed by atoms with Crippen LogP contribution in [0, 0.1) is 22.7 Å². The Bertz CT molecular complexity index is 2710. The Kier molecular flexibility index (Phi) is 5.07. The van der Waals surface area contributed by atoms with Crippen LogP contribution >= 0.6 is 22.7 Å². The van der Waals surface area contributed by atoms with E-state index < -0.39 is 0 Å². The van der Waals surface area contributed by atoms with E-state index in [9.17, 15) is 10.5 Å². The second kappa shape index (κ2) is 9.02. The van der Waals surface area contributed by atoms with Crippen LogP contribution in [0.1, 0.15) is 11.1 Å². The maximum atomic E-state index is 10.3. The summed E-state index contributed by atoms with van der Waals surface area (Å²) in [5.74, 6) is 0. The summed E-state index contributed by atoms with van der Waals surface area (Å²) >= 11 is 3.49. The molecule has 0 saturated carbocycles. The van der Waals surface area contributed by atoms with Crippen molar-refractivity contribution < 1.29 is 0 Å². The van der Waals surface area contributed by atoms with Crippen LogP contribution in [0.2, 0.25) is 0 Å². The summed E-state index contributed by atoms with van der Waals surface area (Å²) in [6.45, 7) is 0. The first-order chi connectivity index (χ1) is 21.2. The molecule has 0 unspecified atom stereocenters. The lowest BCUT2D eigenvalue weighted by molar-refractivity contribution is 1.20. The molecule has 0 amide bonds. The molecule has 3 nitrogen and oxygen atoms in total. The molecule has 0 aliphatic carbocycles. The van der Waals surface area contributed by atoms with Gasteiger partial charge in [-0.25, -0.2) is 0 Å². The zero-order chi connectivity index (χ0) is 28.7. The molecule has 0 fully saturated rings. The third-order valence-electron chi connectivity index (χ3n) is 8.45. The lowest BCUT2D eigenvalue weighted by Gasteiger charge is -2.09. The molecule has 43 heavy (non-hydrogen) atoms. The van der Waals surface area contributed by atoms with Crippen molar-refractivity contribution in [3.05, 3.63) is 126 Å². The van der Waals surface area contributed by atoms with Crippen molar-refractivity contribution in [2.24, 2.45) is 0 Å². The molecule has 3 aromatic heterocycles. The van der Waals surface area contributed by atoms with Crippen LogP contribution in [0.3, 0.4) is 0 Å². The molecule has 0 bridgehead atoms. The number of para-hydroxylation sites is 1. The summed E-state index contributed by atoms with van der Waals surface area (Å²) in [5.41, 5.74) is 6.73. The van der Waals surface area contributed by atoms with Gasteiger partial charge in [-0.3, -0.25) is 0 Å². The molecule has 3 heterocycles. The van der Waals surface area contributed by atoms with E-state index >= 15 is 0 Å². The third kappa shape index (κ3) is 3.44. The monoisotopic (exact) mass is 581 g/mol. The fourth-order valence-corrected chi connectivity index (χ4v) is 8.91. The molecule has 5 heteroatoms. The second-order valence-electron chi connectivity index (χ2n) is 10.8. The zero-order valence-electron chi connectivity index (χ0n) is 22.6. The van der Waals surface area contributed by atoms with Gasteiger partial charge >= 0.3 is 0 Å². The smallest absolute Gasteiger partial charge is 0.101 e. The van der Waals surface area contributed by atoms with E-state index in [1.165, 1.54) is 20.2 Å². The standard InChI is InChI=1S/C38H19N3S2/c39-20-22-12-15-33-30(16-22)26-6-1-3-9-32(26)41(33)34-10-5-8-29-31-18-24(17-25(21-40)37(31)43-38(29)34)23-13-14-28-27-7-2-4-11-35(27)42-36(28)19-23/h1-19H. The van der Waals surface area contributed by atoms with Crippen molar-refractivity contribution in [1.82, 2.24) is 4.57 Å². The molecule has 9 aromatic rings. The van der Waals surface area contributed by atoms with Crippen LogP contribution in [0.5, 0.6) is 0 Å². The summed E-state index contributed by atoms with van der Waals surface area (Å²) in [7, 11) is 0. The highest BCUT2D eigenvalue weighted by atomic mass is 32.1. The fourth-order valence-electron chi connectivity index (χ4n) is 6.52. The van der Waals surface area contributed by atoms with E-state index in [0.29, 0.717) is 11.1 Å². The summed E-state index contributed by atoms with van der Waals surface area (Å²) in [6.07, 6.45) is 0. The Morgan fingerprint density at radius 1 is 0.488 bits per heavy atom. The first-order valence-electron chi connectivity index (χ1n) is 14.0. The fraction of sp³-hybridized carbons (Fsp3) is 0. The molecule has 9 rings (SSSR count). The van der Waals surface area contributed by atoms with E-state index in [-0.39, 0.29) is 0 Å². The van der Waals surface area contributed by atoms with Crippen LogP contribution in [0.4, 0.5) is 0 Å². The van der Waals surface area contributed by atoms with E-state index in [2.05, 4.69) is 102 Å². The normalized spacial score (nSPS) is 11.7. The number of fused-ring (bicyclic) bond motifs is 9. The molecular weight excluding hydrogens is 563 g/mol. The Hall–Kier alpha value is -5.46. The van der Waals surface area contributed by atoms with Gasteiger partial charge in [-0.1, -0.05) is 60.7 Å². The average Bonchev–Trinajstić information content (AvgIpc) is 3.73. The number of nitrogens with zero attached hydrogens (tertiary/aromatic N) is 3. The van der Waals surface area contributed by atoms with Crippen LogP contribution in [0.15, 0.2) is 115 Å². The highest BCUT2D eigenvalue weighted by Crippen LogP contribution is 2.44. The summed E-state index contributed by atoms with van der Waals surface area (Å²) in [5, 5.41) is 26.8. The molecule has 0 saturated heterocycles. The van der Waals surface area contributed by atoms with Crippen LogP contribution in [0.25, 0.3) is 79.0 Å². The van der Waals surface area contributed by atoms with Gasteiger partial charge in [-0.15, -0.1) is 22.7 Å². The van der Waals surface area contributed by atoms with E-state index in [4.69, 9.17) is 0 Å². The van der Waals surface area contributed by atoms with Crippen molar-refractivity contribution in [3.8, 4) is 29.0 Å². The lowest BCUT2D eigenvalue weighted by atomic mass is 9.99. The van der Waals surface area contributed by atoms with Crippen molar-refractivity contribution in [2.75, 3.05) is 0 Å². The quantitative estimate of drug-likeness (QED) is 0.204. The topological polar surface area (TPSA) is 52.5 Å². The van der Waals surface area contributed by atoms with Gasteiger partial charge in [0.05, 0.1) is 43.3 Å². The van der Waals surface area contributed by atoms with Crippen LogP contribution in [-0.4, -0.2) is 4.57 Å². The van der Waals surface area contributed by atoms with Gasteiger partial charge in [0.1, 0.15) is 6.07 Å². The zero-order valence-corrected chi connectivity index (χ0v) is 24.3. The molecule has 198 valence electrons. The second-order valence-corrected chi connectivity index (χ2v) is 12.9. The highest BCUT2D eigenvalue weighted by molar-refractivity contribution is 7.26. The maximum absolute atomic E-state index is 10.3. The van der Waals surface area contributed by atoms with E-state index in [1.54, 1.807) is 11.3 Å². The Balaban J connectivity index is 1.30. The van der Waals surface area contributed by atoms with Gasteiger partial charge < -0.3 is 4.57 Å². The molecule has 6 aromatic carbocycles. The van der Waals surface area contributed by atoms with E-state index in [1.807, 2.05) is 41.7 Å². The predicted molar refractivity (Wildman–Crippen MR) is 181 cm³/mol. The minimum Gasteiger partial charge on any atom is -0.308 e. The van der Waals surface area contributed by atoms with Gasteiger partial charge in [0.15, 0.2) is 0 Å². The highest BCUT2D eigenvalue weighted by Gasteiger charge is 2.19. The molecule has 0 spiro atoms. The van der Waals surface area contributed by atoms with Crippen LogP contribution < -0.4 is 0 Å². The SMILES string of the molecule is N#Cc1ccc2c(c1)c1ccccc1n2-c1cccc2c1sc1c(C#N)cc(-c3ccc4c(c3)sc3ccccc34)cc12. The first-order valence-corrected chi connectivity index (χ1v) is 15.6. The van der Waals surface area contributed by atoms with Crippen molar-refractivity contribution in [3.63, 3.8) is 0 Å². The molecule has 0 aliphatic rings. The van der Waals surface area contributed by atoms with Gasteiger partial charge in [0.25, 0.3) is 0 Å². The van der Waals surface area contributed by atoms with Crippen LogP contribution in [-0.2, 0) is 0 Å². The van der Waals surface area contributed by atoms with Crippen molar-refractivity contribution in [1.29, 1.82) is 10.5 Å². The molecular formula is C38H19N3S2. The molecule has 0 N–H and O–H groups in total. The Labute approximate surface area is 254 Å². The molecule has 0 radical (unpaired) electrons. The van der Waals surface area contributed by atoms with Gasteiger partial charge in [0.2, 0.25) is 0 Å². The number of benzene rings is 6. The minimum absolute atomic E-state index is 0.649. The Morgan fingerprint density at radius 2 is 1.28 bits per heavy atom. The maximum Gasteiger partial charge on any atom is 0.101 e. The summed E-state index contributed by atoms with van der Waals surface area (Å²) < 4.78 is 6.97. The number of hydrogen-bond donors (Lipinski definition) is 0. The minimum atomic E-state index is 0.649. The van der Waals surface area contributed by atoms with Gasteiger partial charge in [-0.2, -0.15) is 10.5 Å². The number of hydrogen-bond acceptors (Lipinski definition) is 4. The molecule has 0 aliphatic heterocycles.